The van der Waals surface area contributed by atoms with Gasteiger partial charge in [0.25, 0.3) is 0 Å². The molecule has 12 nitrogen and oxygen atoms in total. The Balaban J connectivity index is 2.52. The number of unbranched alkanes of at least 4 members (excludes halogenated alkanes) is 4. The number of carbonyl (C=O) groups is 3. The number of nitrogens with zero attached hydrogens (tertiary/aromatic N) is 3. The Hall–Kier alpha value is -3.18. The van der Waals surface area contributed by atoms with Crippen LogP contribution in [-0.2, 0) is 14.4 Å². The summed E-state index contributed by atoms with van der Waals surface area (Å²) in [6.45, 7) is 1.29. The predicted molar refractivity (Wildman–Crippen MR) is 110 cm³/mol. The minimum Gasteiger partial charge on any atom is -0.481 e. The molecular formula is C18H30N6O6. The summed E-state index contributed by atoms with van der Waals surface area (Å²) >= 11 is 0. The van der Waals surface area contributed by atoms with Crippen LogP contribution in [0.3, 0.4) is 0 Å². The molecule has 0 spiro atoms. The van der Waals surface area contributed by atoms with Gasteiger partial charge in [0.1, 0.15) is 0 Å². The zero-order valence-corrected chi connectivity index (χ0v) is 16.9. The molecule has 0 aliphatic rings. The fourth-order valence-corrected chi connectivity index (χ4v) is 2.45. The van der Waals surface area contributed by atoms with E-state index in [1.54, 1.807) is 0 Å². The van der Waals surface area contributed by atoms with Crippen LogP contribution in [0.2, 0.25) is 0 Å². The lowest BCUT2D eigenvalue weighted by atomic mass is 10.2. The number of aromatic nitrogens is 3. The Morgan fingerprint density at radius 1 is 0.533 bits per heavy atom. The van der Waals surface area contributed by atoms with Crippen molar-refractivity contribution in [2.24, 2.45) is 0 Å². The van der Waals surface area contributed by atoms with Crippen LogP contribution in [0.4, 0.5) is 17.8 Å². The highest BCUT2D eigenvalue weighted by molar-refractivity contribution is 5.67. The molecular weight excluding hydrogens is 396 g/mol. The second-order valence-corrected chi connectivity index (χ2v) is 6.64. The summed E-state index contributed by atoms with van der Waals surface area (Å²) in [7, 11) is 0. The second-order valence-electron chi connectivity index (χ2n) is 6.64. The van der Waals surface area contributed by atoms with Gasteiger partial charge in [-0.15, -0.1) is 0 Å². The first-order chi connectivity index (χ1) is 14.4. The van der Waals surface area contributed by atoms with Crippen LogP contribution in [0, 0.1) is 0 Å². The number of carboxylic acid groups (broad SMARTS) is 3. The van der Waals surface area contributed by atoms with Gasteiger partial charge in [-0.2, -0.15) is 15.0 Å². The fourth-order valence-electron chi connectivity index (χ4n) is 2.45. The van der Waals surface area contributed by atoms with Crippen molar-refractivity contribution in [3.8, 4) is 0 Å². The minimum absolute atomic E-state index is 0.0790. The topological polar surface area (TPSA) is 187 Å². The number of aliphatic carboxylic acids is 3. The summed E-state index contributed by atoms with van der Waals surface area (Å²) in [5.41, 5.74) is 0. The molecule has 0 saturated carbocycles. The molecule has 6 N–H and O–H groups in total. The maximum atomic E-state index is 10.7. The van der Waals surface area contributed by atoms with Crippen molar-refractivity contribution in [2.75, 3.05) is 35.6 Å². The van der Waals surface area contributed by atoms with Crippen molar-refractivity contribution in [3.05, 3.63) is 0 Å². The molecule has 12 heteroatoms. The van der Waals surface area contributed by atoms with Gasteiger partial charge in [0.2, 0.25) is 17.8 Å². The number of hydrogen-bond acceptors (Lipinski definition) is 9. The molecule has 30 heavy (non-hydrogen) atoms. The lowest BCUT2D eigenvalue weighted by molar-refractivity contribution is -0.138. The van der Waals surface area contributed by atoms with Crippen LogP contribution in [0.5, 0.6) is 0 Å². The normalized spacial score (nSPS) is 10.4. The average Bonchev–Trinajstić information content (AvgIpc) is 2.66. The van der Waals surface area contributed by atoms with E-state index in [9.17, 15) is 14.4 Å². The van der Waals surface area contributed by atoms with E-state index in [1.165, 1.54) is 0 Å². The summed E-state index contributed by atoms with van der Waals surface area (Å²) in [6.07, 6.45) is 4.44. The van der Waals surface area contributed by atoms with Crippen LogP contribution in [0.25, 0.3) is 0 Å². The van der Waals surface area contributed by atoms with Crippen molar-refractivity contribution < 1.29 is 29.7 Å². The molecule has 0 unspecified atom stereocenters. The van der Waals surface area contributed by atoms with Gasteiger partial charge in [-0.1, -0.05) is 12.8 Å². The van der Waals surface area contributed by atoms with Gasteiger partial charge in [0.15, 0.2) is 0 Å². The van der Waals surface area contributed by atoms with E-state index in [0.29, 0.717) is 37.8 Å². The highest BCUT2D eigenvalue weighted by Gasteiger charge is 2.07. The van der Waals surface area contributed by atoms with Crippen molar-refractivity contribution in [1.82, 2.24) is 15.0 Å². The maximum absolute atomic E-state index is 10.7. The summed E-state index contributed by atoms with van der Waals surface area (Å²) in [5.74, 6) is -1.65. The number of nitrogens with one attached hydrogen (secondary N) is 3. The summed E-state index contributed by atoms with van der Waals surface area (Å²) in [5, 5.41) is 35.0. The minimum atomic E-state index is -0.934. The monoisotopic (exact) mass is 426 g/mol. The molecule has 0 fully saturated rings. The molecule has 1 rings (SSSR count). The van der Waals surface area contributed by atoms with Crippen LogP contribution in [-0.4, -0.2) is 67.8 Å². The zero-order chi connectivity index (χ0) is 22.2. The first-order valence-electron chi connectivity index (χ1n) is 10.00. The lowest BCUT2D eigenvalue weighted by Gasteiger charge is -2.11. The molecule has 0 saturated heterocycles. The number of anilines is 3. The van der Waals surface area contributed by atoms with Crippen LogP contribution in [0.1, 0.15) is 57.8 Å². The number of hydrogen-bond donors (Lipinski definition) is 6. The van der Waals surface area contributed by atoms with E-state index in [2.05, 4.69) is 30.9 Å². The van der Waals surface area contributed by atoms with Gasteiger partial charge in [0.05, 0.1) is 6.42 Å². The quantitative estimate of drug-likeness (QED) is 0.187. The Morgan fingerprint density at radius 3 is 1.27 bits per heavy atom. The third-order valence-electron chi connectivity index (χ3n) is 3.96. The molecule has 1 aromatic rings. The maximum Gasteiger partial charge on any atom is 0.305 e. The van der Waals surface area contributed by atoms with Crippen LogP contribution in [0.15, 0.2) is 0 Å². The van der Waals surface area contributed by atoms with Gasteiger partial charge in [0, 0.05) is 32.5 Å². The smallest absolute Gasteiger partial charge is 0.305 e. The van der Waals surface area contributed by atoms with Gasteiger partial charge in [-0.25, -0.2) is 0 Å². The van der Waals surface area contributed by atoms with Gasteiger partial charge in [-0.05, 0) is 25.7 Å². The Bertz CT molecular complexity index is 643. The summed E-state index contributed by atoms with van der Waals surface area (Å²) in [4.78, 5) is 44.4. The van der Waals surface area contributed by atoms with Crippen molar-refractivity contribution >= 4 is 35.8 Å². The third kappa shape index (κ3) is 13.1. The third-order valence-corrected chi connectivity index (χ3v) is 3.96. The lowest BCUT2D eigenvalue weighted by Crippen LogP contribution is -2.15. The van der Waals surface area contributed by atoms with E-state index in [0.717, 1.165) is 25.7 Å². The Labute approximate surface area is 174 Å². The van der Waals surface area contributed by atoms with Gasteiger partial charge >= 0.3 is 17.9 Å². The number of rotatable bonds is 18. The van der Waals surface area contributed by atoms with Gasteiger partial charge < -0.3 is 31.3 Å². The van der Waals surface area contributed by atoms with Crippen molar-refractivity contribution in [1.29, 1.82) is 0 Å². The molecule has 0 radical (unpaired) electrons. The Kier molecular flexibility index (Phi) is 12.2. The highest BCUT2D eigenvalue weighted by Crippen LogP contribution is 2.11. The first-order valence-corrected chi connectivity index (χ1v) is 10.00. The van der Waals surface area contributed by atoms with Crippen LogP contribution >= 0.6 is 0 Å². The standard InChI is InChI=1S/C18H30N6O6/c25-13(26)7-3-1-5-10-19-16-22-17(20-11-6-2-4-8-14(27)28)24-18(23-16)21-12-9-15(29)30/h1-12H2,(H,25,26)(H,27,28)(H,29,30)(H3,19,20,21,22,23,24). The first kappa shape index (κ1) is 24.9. The van der Waals surface area contributed by atoms with E-state index >= 15 is 0 Å². The fraction of sp³-hybridized carbons (Fsp3) is 0.667. The second kappa shape index (κ2) is 14.8. The molecule has 0 amide bonds. The molecule has 168 valence electrons. The van der Waals surface area contributed by atoms with Crippen molar-refractivity contribution in [3.63, 3.8) is 0 Å². The predicted octanol–water partition coefficient (Wildman–Crippen LogP) is 1.87. The van der Waals surface area contributed by atoms with E-state index in [1.807, 2.05) is 0 Å². The SMILES string of the molecule is O=C(O)CCCCCNc1nc(NCCCCCC(=O)O)nc(NCCC(=O)O)n1. The number of carboxylic acids is 3. The molecule has 0 aliphatic carbocycles. The molecule has 0 aromatic carbocycles. The molecule has 1 aromatic heterocycles. The van der Waals surface area contributed by atoms with E-state index < -0.39 is 17.9 Å². The van der Waals surface area contributed by atoms with Gasteiger partial charge in [-0.3, -0.25) is 14.4 Å². The van der Waals surface area contributed by atoms with Crippen LogP contribution < -0.4 is 16.0 Å². The van der Waals surface area contributed by atoms with E-state index in [4.69, 9.17) is 15.3 Å². The highest BCUT2D eigenvalue weighted by atomic mass is 16.4. The average molecular weight is 426 g/mol. The van der Waals surface area contributed by atoms with Crippen molar-refractivity contribution in [2.45, 2.75) is 57.8 Å². The zero-order valence-electron chi connectivity index (χ0n) is 16.9. The largest absolute Gasteiger partial charge is 0.481 e. The molecule has 0 bridgehead atoms. The summed E-state index contributed by atoms with van der Waals surface area (Å²) < 4.78 is 0. The van der Waals surface area contributed by atoms with E-state index in [-0.39, 0.29) is 31.8 Å². The molecule has 1 heterocycles. The Morgan fingerprint density at radius 2 is 0.900 bits per heavy atom. The summed E-state index contributed by atoms with van der Waals surface area (Å²) in [6, 6.07) is 0. The molecule has 0 aliphatic heterocycles. The molecule has 0 atom stereocenters.